The third-order valence-electron chi connectivity index (χ3n) is 3.05. The van der Waals surface area contributed by atoms with Gasteiger partial charge in [-0.05, 0) is 25.0 Å². The minimum absolute atomic E-state index is 0.0243. The maximum Gasteiger partial charge on any atom is 0.166 e. The van der Waals surface area contributed by atoms with Gasteiger partial charge in [0, 0.05) is 5.56 Å². The summed E-state index contributed by atoms with van der Waals surface area (Å²) in [5.41, 5.74) is 8.43. The van der Waals surface area contributed by atoms with Gasteiger partial charge in [-0.3, -0.25) is 0 Å². The third kappa shape index (κ3) is 1.76. The Bertz CT molecular complexity index is 390. The minimum atomic E-state index is -0.0243. The zero-order chi connectivity index (χ0) is 11.7. The number of ether oxygens (including phenoxy) is 2. The SMILES string of the molecule is CCCC1Oc2c(OC)cc(C)cc2C1N. The van der Waals surface area contributed by atoms with Crippen molar-refractivity contribution in [1.82, 2.24) is 0 Å². The van der Waals surface area contributed by atoms with Crippen LogP contribution in [0.15, 0.2) is 12.1 Å². The quantitative estimate of drug-likeness (QED) is 0.853. The molecule has 0 bridgehead atoms. The fraction of sp³-hybridized carbons (Fsp3) is 0.538. The van der Waals surface area contributed by atoms with Gasteiger partial charge < -0.3 is 15.2 Å². The molecule has 1 aromatic carbocycles. The Kier molecular flexibility index (Phi) is 3.06. The van der Waals surface area contributed by atoms with Gasteiger partial charge in [-0.2, -0.15) is 0 Å². The first-order valence-corrected chi connectivity index (χ1v) is 5.78. The number of benzene rings is 1. The van der Waals surface area contributed by atoms with E-state index in [1.807, 2.05) is 13.0 Å². The molecular weight excluding hydrogens is 202 g/mol. The summed E-state index contributed by atoms with van der Waals surface area (Å²) in [6, 6.07) is 4.06. The van der Waals surface area contributed by atoms with Crippen molar-refractivity contribution in [3.63, 3.8) is 0 Å². The van der Waals surface area contributed by atoms with Crippen LogP contribution in [0, 0.1) is 6.92 Å². The molecule has 0 aromatic heterocycles. The van der Waals surface area contributed by atoms with Gasteiger partial charge in [-0.25, -0.2) is 0 Å². The Morgan fingerprint density at radius 3 is 2.81 bits per heavy atom. The van der Waals surface area contributed by atoms with Gasteiger partial charge in [0.05, 0.1) is 13.2 Å². The van der Waals surface area contributed by atoms with Crippen LogP contribution in [0.1, 0.15) is 36.9 Å². The maximum absolute atomic E-state index is 6.19. The summed E-state index contributed by atoms with van der Waals surface area (Å²) in [6.45, 7) is 4.18. The number of aryl methyl sites for hydroxylation is 1. The Morgan fingerprint density at radius 2 is 2.19 bits per heavy atom. The number of rotatable bonds is 3. The molecular formula is C13H19NO2. The lowest BCUT2D eigenvalue weighted by Gasteiger charge is -2.13. The molecule has 0 aliphatic carbocycles. The molecule has 0 amide bonds. The Hall–Kier alpha value is -1.22. The molecule has 2 atom stereocenters. The van der Waals surface area contributed by atoms with E-state index in [-0.39, 0.29) is 12.1 Å². The van der Waals surface area contributed by atoms with Gasteiger partial charge in [0.2, 0.25) is 0 Å². The monoisotopic (exact) mass is 221 g/mol. The average Bonchev–Trinajstić information content (AvgIpc) is 2.57. The van der Waals surface area contributed by atoms with Crippen LogP contribution in [0.4, 0.5) is 0 Å². The van der Waals surface area contributed by atoms with Gasteiger partial charge in [-0.1, -0.05) is 19.4 Å². The number of hydrogen-bond donors (Lipinski definition) is 1. The van der Waals surface area contributed by atoms with Crippen molar-refractivity contribution in [2.45, 2.75) is 38.8 Å². The molecule has 2 unspecified atom stereocenters. The van der Waals surface area contributed by atoms with E-state index in [4.69, 9.17) is 15.2 Å². The van der Waals surface area contributed by atoms with Gasteiger partial charge >= 0.3 is 0 Å². The number of methoxy groups -OCH3 is 1. The topological polar surface area (TPSA) is 44.5 Å². The lowest BCUT2D eigenvalue weighted by molar-refractivity contribution is 0.189. The highest BCUT2D eigenvalue weighted by Gasteiger charge is 2.33. The second kappa shape index (κ2) is 4.34. The molecule has 2 N–H and O–H groups in total. The van der Waals surface area contributed by atoms with Gasteiger partial charge in [0.25, 0.3) is 0 Å². The summed E-state index contributed by atoms with van der Waals surface area (Å²) in [5, 5.41) is 0. The molecule has 2 rings (SSSR count). The summed E-state index contributed by atoms with van der Waals surface area (Å²) < 4.78 is 11.2. The Labute approximate surface area is 96.5 Å². The van der Waals surface area contributed by atoms with Gasteiger partial charge in [-0.15, -0.1) is 0 Å². The van der Waals surface area contributed by atoms with Crippen LogP contribution in [0.25, 0.3) is 0 Å². The summed E-state index contributed by atoms with van der Waals surface area (Å²) in [7, 11) is 1.66. The van der Waals surface area contributed by atoms with E-state index in [2.05, 4.69) is 13.0 Å². The summed E-state index contributed by atoms with van der Waals surface area (Å²) >= 11 is 0. The minimum Gasteiger partial charge on any atom is -0.493 e. The highest BCUT2D eigenvalue weighted by Crippen LogP contribution is 2.43. The van der Waals surface area contributed by atoms with E-state index in [0.717, 1.165) is 35.5 Å². The molecule has 0 radical (unpaired) electrons. The molecule has 1 aliphatic rings. The zero-order valence-electron chi connectivity index (χ0n) is 10.1. The standard InChI is InChI=1S/C13H19NO2/c1-4-5-10-12(14)9-6-8(2)7-11(15-3)13(9)16-10/h6-7,10,12H,4-5,14H2,1-3H3. The van der Waals surface area contributed by atoms with Crippen LogP contribution in [-0.4, -0.2) is 13.2 Å². The third-order valence-corrected chi connectivity index (χ3v) is 3.05. The number of fused-ring (bicyclic) bond motifs is 1. The molecule has 1 heterocycles. The van der Waals surface area contributed by atoms with E-state index >= 15 is 0 Å². The van der Waals surface area contributed by atoms with Crippen LogP contribution in [0.5, 0.6) is 11.5 Å². The number of hydrogen-bond acceptors (Lipinski definition) is 3. The van der Waals surface area contributed by atoms with Crippen molar-refractivity contribution in [2.75, 3.05) is 7.11 Å². The van der Waals surface area contributed by atoms with E-state index in [1.165, 1.54) is 0 Å². The first-order chi connectivity index (χ1) is 7.67. The predicted molar refractivity (Wildman–Crippen MR) is 64.0 cm³/mol. The van der Waals surface area contributed by atoms with Crippen molar-refractivity contribution in [3.05, 3.63) is 23.3 Å². The van der Waals surface area contributed by atoms with Crippen LogP contribution in [0.3, 0.4) is 0 Å². The first-order valence-electron chi connectivity index (χ1n) is 5.78. The van der Waals surface area contributed by atoms with Crippen LogP contribution in [-0.2, 0) is 0 Å². The van der Waals surface area contributed by atoms with E-state index in [0.29, 0.717) is 0 Å². The second-order valence-electron chi connectivity index (χ2n) is 4.36. The maximum atomic E-state index is 6.19. The summed E-state index contributed by atoms with van der Waals surface area (Å²) in [4.78, 5) is 0. The molecule has 16 heavy (non-hydrogen) atoms. The lowest BCUT2D eigenvalue weighted by atomic mass is 10.00. The summed E-state index contributed by atoms with van der Waals surface area (Å²) in [5.74, 6) is 1.63. The van der Waals surface area contributed by atoms with E-state index in [9.17, 15) is 0 Å². The second-order valence-corrected chi connectivity index (χ2v) is 4.36. The molecule has 1 aliphatic heterocycles. The molecule has 1 aromatic rings. The van der Waals surface area contributed by atoms with Crippen molar-refractivity contribution in [1.29, 1.82) is 0 Å². The summed E-state index contributed by atoms with van der Waals surface area (Å²) in [6.07, 6.45) is 2.15. The molecule has 3 nitrogen and oxygen atoms in total. The van der Waals surface area contributed by atoms with Gasteiger partial charge in [0.15, 0.2) is 11.5 Å². The molecule has 0 spiro atoms. The fourth-order valence-electron chi connectivity index (χ4n) is 2.24. The predicted octanol–water partition coefficient (Wildman–Crippen LogP) is 2.56. The van der Waals surface area contributed by atoms with Gasteiger partial charge in [0.1, 0.15) is 6.10 Å². The molecule has 0 fully saturated rings. The van der Waals surface area contributed by atoms with Crippen LogP contribution in [0.2, 0.25) is 0 Å². The Morgan fingerprint density at radius 1 is 1.44 bits per heavy atom. The molecule has 88 valence electrons. The van der Waals surface area contributed by atoms with Crippen molar-refractivity contribution in [2.24, 2.45) is 5.73 Å². The highest BCUT2D eigenvalue weighted by molar-refractivity contribution is 5.53. The molecule has 0 saturated carbocycles. The molecule has 3 heteroatoms. The Balaban J connectivity index is 2.38. The lowest BCUT2D eigenvalue weighted by Crippen LogP contribution is -2.24. The van der Waals surface area contributed by atoms with Crippen molar-refractivity contribution >= 4 is 0 Å². The van der Waals surface area contributed by atoms with Crippen molar-refractivity contribution in [3.8, 4) is 11.5 Å². The smallest absolute Gasteiger partial charge is 0.166 e. The fourth-order valence-corrected chi connectivity index (χ4v) is 2.24. The number of nitrogens with two attached hydrogens (primary N) is 1. The first kappa shape index (κ1) is 11.3. The largest absolute Gasteiger partial charge is 0.493 e. The van der Waals surface area contributed by atoms with E-state index < -0.39 is 0 Å². The zero-order valence-corrected chi connectivity index (χ0v) is 10.1. The molecule has 0 saturated heterocycles. The normalized spacial score (nSPS) is 22.8. The highest BCUT2D eigenvalue weighted by atomic mass is 16.5. The van der Waals surface area contributed by atoms with Crippen LogP contribution < -0.4 is 15.2 Å². The van der Waals surface area contributed by atoms with Crippen LogP contribution >= 0.6 is 0 Å². The average molecular weight is 221 g/mol. The van der Waals surface area contributed by atoms with E-state index in [1.54, 1.807) is 7.11 Å². The van der Waals surface area contributed by atoms with Crippen molar-refractivity contribution < 1.29 is 9.47 Å².